The van der Waals surface area contributed by atoms with Crippen LogP contribution in [0.5, 0.6) is 0 Å². The lowest BCUT2D eigenvalue weighted by Gasteiger charge is -2.06. The van der Waals surface area contributed by atoms with Crippen molar-refractivity contribution in [2.75, 3.05) is 0 Å². The highest BCUT2D eigenvalue weighted by atomic mass is 35.5. The smallest absolute Gasteiger partial charge is 0.258 e. The number of nitrogens with zero attached hydrogens (tertiary/aromatic N) is 2. The average molecular weight is 354 g/mol. The van der Waals surface area contributed by atoms with Crippen molar-refractivity contribution in [1.82, 2.24) is 9.97 Å². The third-order valence-corrected chi connectivity index (χ3v) is 3.78. The van der Waals surface area contributed by atoms with Gasteiger partial charge >= 0.3 is 0 Å². The van der Waals surface area contributed by atoms with Crippen molar-refractivity contribution in [3.05, 3.63) is 69.1 Å². The van der Waals surface area contributed by atoms with Crippen LogP contribution < -0.4 is 5.56 Å². The lowest BCUT2D eigenvalue weighted by Crippen LogP contribution is -2.18. The van der Waals surface area contributed by atoms with Gasteiger partial charge < -0.3 is 9.40 Å². The monoisotopic (exact) mass is 353 g/mol. The molecule has 0 amide bonds. The first kappa shape index (κ1) is 16.7. The quantitative estimate of drug-likeness (QED) is 0.725. The van der Waals surface area contributed by atoms with Crippen LogP contribution in [0.3, 0.4) is 0 Å². The van der Waals surface area contributed by atoms with Gasteiger partial charge in [0.25, 0.3) is 5.56 Å². The van der Waals surface area contributed by atoms with Gasteiger partial charge in [-0.2, -0.15) is 5.26 Å². The fraction of sp³-hybridized carbons (Fsp3) is 0.111. The zero-order valence-electron chi connectivity index (χ0n) is 13.1. The Morgan fingerprint density at radius 3 is 2.88 bits per heavy atom. The van der Waals surface area contributed by atoms with Crippen LogP contribution in [0.15, 0.2) is 45.6 Å². The van der Waals surface area contributed by atoms with Gasteiger partial charge in [0, 0.05) is 5.02 Å². The number of carbonyl (C=O) groups is 1. The number of allylic oxidation sites excluding steroid dienone is 1. The van der Waals surface area contributed by atoms with E-state index in [0.717, 1.165) is 0 Å². The first-order valence-corrected chi connectivity index (χ1v) is 7.73. The Morgan fingerprint density at radius 1 is 1.40 bits per heavy atom. The number of rotatable bonds is 4. The second kappa shape index (κ2) is 6.75. The van der Waals surface area contributed by atoms with E-state index in [2.05, 4.69) is 9.97 Å². The SMILES string of the molecule is Cc1ccc(/C=C/C(=O)C(C#N)c2nc3cc(Cl)ccc3c(=O)[nH]2)o1. The number of aromatic nitrogens is 2. The lowest BCUT2D eigenvalue weighted by molar-refractivity contribution is -0.114. The Balaban J connectivity index is 1.96. The molecule has 0 aliphatic heterocycles. The van der Waals surface area contributed by atoms with Crippen molar-refractivity contribution in [3.8, 4) is 6.07 Å². The summed E-state index contributed by atoms with van der Waals surface area (Å²) in [7, 11) is 0. The predicted octanol–water partition coefficient (Wildman–Crippen LogP) is 3.37. The fourth-order valence-corrected chi connectivity index (χ4v) is 2.50. The number of nitriles is 1. The van der Waals surface area contributed by atoms with Crippen molar-refractivity contribution < 1.29 is 9.21 Å². The number of ketones is 1. The van der Waals surface area contributed by atoms with Crippen LogP contribution in [0.2, 0.25) is 5.02 Å². The normalized spacial score (nSPS) is 12.4. The van der Waals surface area contributed by atoms with Crippen LogP contribution in [-0.4, -0.2) is 15.8 Å². The molecule has 124 valence electrons. The highest BCUT2D eigenvalue weighted by Crippen LogP contribution is 2.18. The van der Waals surface area contributed by atoms with E-state index in [0.29, 0.717) is 27.4 Å². The molecule has 3 aromatic rings. The second-order valence-corrected chi connectivity index (χ2v) is 5.80. The molecule has 1 N–H and O–H groups in total. The van der Waals surface area contributed by atoms with Crippen LogP contribution >= 0.6 is 11.6 Å². The minimum atomic E-state index is -1.23. The summed E-state index contributed by atoms with van der Waals surface area (Å²) >= 11 is 5.91. The van der Waals surface area contributed by atoms with Crippen LogP contribution in [-0.2, 0) is 4.79 Å². The number of halogens is 1. The highest BCUT2D eigenvalue weighted by Gasteiger charge is 2.21. The van der Waals surface area contributed by atoms with Gasteiger partial charge in [-0.15, -0.1) is 0 Å². The van der Waals surface area contributed by atoms with Gasteiger partial charge in [-0.3, -0.25) is 9.59 Å². The molecule has 0 spiro atoms. The molecule has 0 fully saturated rings. The summed E-state index contributed by atoms with van der Waals surface area (Å²) in [5.41, 5.74) is -0.111. The van der Waals surface area contributed by atoms with E-state index in [4.69, 9.17) is 16.0 Å². The maximum atomic E-state index is 12.3. The van der Waals surface area contributed by atoms with Crippen molar-refractivity contribution in [2.45, 2.75) is 12.8 Å². The van der Waals surface area contributed by atoms with E-state index in [1.165, 1.54) is 24.3 Å². The van der Waals surface area contributed by atoms with Crippen molar-refractivity contribution in [3.63, 3.8) is 0 Å². The van der Waals surface area contributed by atoms with E-state index < -0.39 is 17.3 Å². The summed E-state index contributed by atoms with van der Waals surface area (Å²) in [5, 5.41) is 10.1. The van der Waals surface area contributed by atoms with Gasteiger partial charge in [-0.25, -0.2) is 4.98 Å². The molecule has 25 heavy (non-hydrogen) atoms. The summed E-state index contributed by atoms with van der Waals surface area (Å²) in [6, 6.07) is 9.96. The molecule has 0 aliphatic carbocycles. The average Bonchev–Trinajstić information content (AvgIpc) is 2.98. The second-order valence-electron chi connectivity index (χ2n) is 5.36. The van der Waals surface area contributed by atoms with E-state index >= 15 is 0 Å². The number of hydrogen-bond donors (Lipinski definition) is 1. The third kappa shape index (κ3) is 3.52. The molecule has 2 heterocycles. The van der Waals surface area contributed by atoms with Gasteiger partial charge in [0.1, 0.15) is 17.3 Å². The van der Waals surface area contributed by atoms with Gasteiger partial charge in [0.15, 0.2) is 11.7 Å². The molecule has 1 unspecified atom stereocenters. The third-order valence-electron chi connectivity index (χ3n) is 3.55. The molecule has 6 nitrogen and oxygen atoms in total. The van der Waals surface area contributed by atoms with Crippen LogP contribution in [0.1, 0.15) is 23.3 Å². The number of carbonyl (C=O) groups excluding carboxylic acids is 1. The molecule has 1 atom stereocenters. The Bertz CT molecular complexity index is 1090. The Morgan fingerprint density at radius 2 is 2.20 bits per heavy atom. The maximum absolute atomic E-state index is 12.3. The Hall–Kier alpha value is -3.17. The van der Waals surface area contributed by atoms with E-state index in [1.54, 1.807) is 25.1 Å². The molecule has 0 radical (unpaired) electrons. The van der Waals surface area contributed by atoms with E-state index in [9.17, 15) is 14.9 Å². The minimum absolute atomic E-state index is 0.0208. The predicted molar refractivity (Wildman–Crippen MR) is 93.2 cm³/mol. The topological polar surface area (TPSA) is 99.7 Å². The standard InChI is InChI=1S/C18H12ClN3O3/c1-10-2-4-12(25-10)5-7-16(23)14(9-20)17-21-15-8-11(19)3-6-13(15)18(24)22-17/h2-8,14H,1H3,(H,21,22,24)/b7-5+. The van der Waals surface area contributed by atoms with Crippen molar-refractivity contribution >= 4 is 34.4 Å². The number of benzene rings is 1. The number of aromatic amines is 1. The maximum Gasteiger partial charge on any atom is 0.258 e. The Kier molecular flexibility index (Phi) is 4.50. The molecular weight excluding hydrogens is 342 g/mol. The van der Waals surface area contributed by atoms with Gasteiger partial charge in [-0.05, 0) is 49.4 Å². The van der Waals surface area contributed by atoms with Gasteiger partial charge in [0.2, 0.25) is 0 Å². The van der Waals surface area contributed by atoms with Crippen LogP contribution in [0.4, 0.5) is 0 Å². The number of fused-ring (bicyclic) bond motifs is 1. The molecule has 0 bridgehead atoms. The molecule has 1 aromatic carbocycles. The van der Waals surface area contributed by atoms with Crippen LogP contribution in [0.25, 0.3) is 17.0 Å². The number of aryl methyl sites for hydroxylation is 1. The summed E-state index contributed by atoms with van der Waals surface area (Å²) in [6.07, 6.45) is 2.70. The van der Waals surface area contributed by atoms with E-state index in [-0.39, 0.29) is 5.82 Å². The largest absolute Gasteiger partial charge is 0.462 e. The minimum Gasteiger partial charge on any atom is -0.462 e. The first-order valence-electron chi connectivity index (χ1n) is 7.35. The molecular formula is C18H12ClN3O3. The first-order chi connectivity index (χ1) is 12.0. The number of H-pyrrole nitrogens is 1. The number of hydrogen-bond acceptors (Lipinski definition) is 5. The summed E-state index contributed by atoms with van der Waals surface area (Å²) in [6.45, 7) is 1.78. The van der Waals surface area contributed by atoms with Gasteiger partial charge in [0.05, 0.1) is 17.0 Å². The zero-order valence-corrected chi connectivity index (χ0v) is 13.9. The molecule has 0 aliphatic rings. The molecule has 7 heteroatoms. The summed E-state index contributed by atoms with van der Waals surface area (Å²) < 4.78 is 5.33. The van der Waals surface area contributed by atoms with Crippen LogP contribution in [0, 0.1) is 18.3 Å². The highest BCUT2D eigenvalue weighted by molar-refractivity contribution is 6.31. The molecule has 3 rings (SSSR count). The molecule has 2 aromatic heterocycles. The molecule has 0 saturated carbocycles. The lowest BCUT2D eigenvalue weighted by atomic mass is 10.0. The van der Waals surface area contributed by atoms with E-state index in [1.807, 2.05) is 6.07 Å². The van der Waals surface area contributed by atoms with Crippen molar-refractivity contribution in [1.29, 1.82) is 5.26 Å². The van der Waals surface area contributed by atoms with Crippen molar-refractivity contribution in [2.24, 2.45) is 0 Å². The summed E-state index contributed by atoms with van der Waals surface area (Å²) in [4.78, 5) is 31.2. The molecule has 0 saturated heterocycles. The number of nitrogens with one attached hydrogen (secondary N) is 1. The number of furan rings is 1. The Labute approximate surface area is 147 Å². The van der Waals surface area contributed by atoms with Gasteiger partial charge in [-0.1, -0.05) is 11.6 Å². The summed E-state index contributed by atoms with van der Waals surface area (Å²) in [5.74, 6) is -0.562. The fourth-order valence-electron chi connectivity index (χ4n) is 2.33. The zero-order chi connectivity index (χ0) is 18.0.